The van der Waals surface area contributed by atoms with Gasteiger partial charge in [0.2, 0.25) is 0 Å². The maximum atomic E-state index is 11.3. The Morgan fingerprint density at radius 2 is 1.88 bits per heavy atom. The van der Waals surface area contributed by atoms with Crippen molar-refractivity contribution >= 4 is 9.84 Å². The molecule has 0 aromatic carbocycles. The maximum absolute atomic E-state index is 11.3. The van der Waals surface area contributed by atoms with Crippen molar-refractivity contribution in [1.82, 2.24) is 5.32 Å². The number of rotatable bonds is 6. The van der Waals surface area contributed by atoms with Crippen molar-refractivity contribution in [3.05, 3.63) is 0 Å². The minimum Gasteiger partial charge on any atom is -0.390 e. The molecule has 0 spiro atoms. The first-order chi connectivity index (χ1) is 7.80. The SMILES string of the molecule is CC(C)CCC[C@@H](C)N[C@@H]1CS(=O)(=O)C[C@@H]1O. The number of nitrogens with one attached hydrogen (secondary N) is 1. The predicted octanol–water partition coefficient (Wildman–Crippen LogP) is 0.949. The van der Waals surface area contributed by atoms with Crippen LogP contribution in [0.1, 0.15) is 40.0 Å². The van der Waals surface area contributed by atoms with Gasteiger partial charge in [-0.2, -0.15) is 0 Å². The van der Waals surface area contributed by atoms with Crippen LogP contribution < -0.4 is 5.32 Å². The van der Waals surface area contributed by atoms with E-state index in [0.29, 0.717) is 5.92 Å². The molecule has 0 bridgehead atoms. The first-order valence-corrected chi connectivity index (χ1v) is 8.27. The van der Waals surface area contributed by atoms with Gasteiger partial charge in [-0.15, -0.1) is 0 Å². The number of aliphatic hydroxyl groups is 1. The van der Waals surface area contributed by atoms with Gasteiger partial charge in [-0.1, -0.05) is 26.7 Å². The summed E-state index contributed by atoms with van der Waals surface area (Å²) in [6.45, 7) is 6.45. The Morgan fingerprint density at radius 3 is 2.35 bits per heavy atom. The van der Waals surface area contributed by atoms with Crippen molar-refractivity contribution < 1.29 is 13.5 Å². The lowest BCUT2D eigenvalue weighted by Gasteiger charge is -2.21. The Kier molecular flexibility index (Phi) is 5.41. The molecule has 4 nitrogen and oxygen atoms in total. The molecule has 1 aliphatic heterocycles. The van der Waals surface area contributed by atoms with E-state index in [4.69, 9.17) is 0 Å². The average Bonchev–Trinajstić information content (AvgIpc) is 2.38. The highest BCUT2D eigenvalue weighted by Gasteiger charge is 2.36. The van der Waals surface area contributed by atoms with Gasteiger partial charge in [-0.05, 0) is 19.3 Å². The lowest BCUT2D eigenvalue weighted by Crippen LogP contribution is -2.43. The summed E-state index contributed by atoms with van der Waals surface area (Å²) in [6.07, 6.45) is 2.62. The molecule has 0 aliphatic carbocycles. The summed E-state index contributed by atoms with van der Waals surface area (Å²) in [5.74, 6) is 0.686. The van der Waals surface area contributed by atoms with Crippen LogP contribution in [0.3, 0.4) is 0 Å². The van der Waals surface area contributed by atoms with Crippen LogP contribution in [0.15, 0.2) is 0 Å². The van der Waals surface area contributed by atoms with Gasteiger partial charge in [0.15, 0.2) is 9.84 Å². The lowest BCUT2D eigenvalue weighted by atomic mass is 10.0. The minimum atomic E-state index is -3.04. The molecule has 0 aromatic rings. The maximum Gasteiger partial charge on any atom is 0.154 e. The monoisotopic (exact) mass is 263 g/mol. The van der Waals surface area contributed by atoms with Crippen molar-refractivity contribution in [3.8, 4) is 0 Å². The van der Waals surface area contributed by atoms with E-state index in [1.165, 1.54) is 6.42 Å². The zero-order valence-electron chi connectivity index (χ0n) is 11.0. The van der Waals surface area contributed by atoms with Crippen molar-refractivity contribution in [2.24, 2.45) is 5.92 Å². The average molecular weight is 263 g/mol. The van der Waals surface area contributed by atoms with Crippen LogP contribution in [0.25, 0.3) is 0 Å². The highest BCUT2D eigenvalue weighted by atomic mass is 32.2. The standard InChI is InChI=1S/C12H25NO3S/c1-9(2)5-4-6-10(3)13-11-7-17(15,16)8-12(11)14/h9-14H,4-8H2,1-3H3/t10-,11-,12+/m1/s1. The molecule has 1 heterocycles. The van der Waals surface area contributed by atoms with Gasteiger partial charge in [0, 0.05) is 12.1 Å². The molecule has 2 N–H and O–H groups in total. The molecule has 3 atom stereocenters. The molecular formula is C12H25NO3S. The van der Waals surface area contributed by atoms with Crippen LogP contribution in [-0.2, 0) is 9.84 Å². The Balaban J connectivity index is 2.29. The van der Waals surface area contributed by atoms with Crippen LogP contribution in [0.5, 0.6) is 0 Å². The molecule has 0 amide bonds. The van der Waals surface area contributed by atoms with Gasteiger partial charge in [0.1, 0.15) is 0 Å². The Bertz CT molecular complexity index is 327. The Morgan fingerprint density at radius 1 is 1.24 bits per heavy atom. The molecule has 5 heteroatoms. The van der Waals surface area contributed by atoms with Gasteiger partial charge >= 0.3 is 0 Å². The zero-order valence-corrected chi connectivity index (χ0v) is 11.8. The van der Waals surface area contributed by atoms with E-state index >= 15 is 0 Å². The van der Waals surface area contributed by atoms with Crippen molar-refractivity contribution in [3.63, 3.8) is 0 Å². The first kappa shape index (κ1) is 14.9. The van der Waals surface area contributed by atoms with Crippen LogP contribution in [0.2, 0.25) is 0 Å². The highest BCUT2D eigenvalue weighted by molar-refractivity contribution is 7.91. The van der Waals surface area contributed by atoms with E-state index in [0.717, 1.165) is 12.8 Å². The van der Waals surface area contributed by atoms with E-state index in [9.17, 15) is 13.5 Å². The summed E-state index contributed by atoms with van der Waals surface area (Å²) >= 11 is 0. The summed E-state index contributed by atoms with van der Waals surface area (Å²) in [5, 5.41) is 12.9. The molecule has 0 saturated carbocycles. The lowest BCUT2D eigenvalue weighted by molar-refractivity contribution is 0.159. The first-order valence-electron chi connectivity index (χ1n) is 6.44. The van der Waals surface area contributed by atoms with E-state index < -0.39 is 15.9 Å². The zero-order chi connectivity index (χ0) is 13.1. The third-order valence-electron chi connectivity index (χ3n) is 3.24. The molecule has 1 saturated heterocycles. The van der Waals surface area contributed by atoms with Crippen molar-refractivity contribution in [1.29, 1.82) is 0 Å². The van der Waals surface area contributed by atoms with Gasteiger partial charge in [-0.3, -0.25) is 0 Å². The molecule has 0 unspecified atom stereocenters. The summed E-state index contributed by atoms with van der Waals surface area (Å²) in [7, 11) is -3.04. The largest absolute Gasteiger partial charge is 0.390 e. The van der Waals surface area contributed by atoms with Crippen LogP contribution >= 0.6 is 0 Å². The summed E-state index contributed by atoms with van der Waals surface area (Å²) < 4.78 is 22.7. The molecular weight excluding hydrogens is 238 g/mol. The van der Waals surface area contributed by atoms with E-state index in [2.05, 4.69) is 26.1 Å². The smallest absolute Gasteiger partial charge is 0.154 e. The summed E-state index contributed by atoms with van der Waals surface area (Å²) in [4.78, 5) is 0. The highest BCUT2D eigenvalue weighted by Crippen LogP contribution is 2.15. The third kappa shape index (κ3) is 5.36. The number of hydrogen-bond acceptors (Lipinski definition) is 4. The molecule has 102 valence electrons. The Labute approximate surface area is 105 Å². The van der Waals surface area contributed by atoms with Crippen LogP contribution in [0.4, 0.5) is 0 Å². The molecule has 0 aromatic heterocycles. The number of sulfone groups is 1. The van der Waals surface area contributed by atoms with E-state index in [1.54, 1.807) is 0 Å². The predicted molar refractivity (Wildman–Crippen MR) is 69.7 cm³/mol. The van der Waals surface area contributed by atoms with Gasteiger partial charge < -0.3 is 10.4 Å². The Hall–Kier alpha value is -0.130. The fourth-order valence-corrected chi connectivity index (χ4v) is 4.02. The number of hydrogen-bond donors (Lipinski definition) is 2. The van der Waals surface area contributed by atoms with Crippen LogP contribution in [0, 0.1) is 5.92 Å². The van der Waals surface area contributed by atoms with Gasteiger partial charge in [0.05, 0.1) is 17.6 Å². The minimum absolute atomic E-state index is 0.0721. The van der Waals surface area contributed by atoms with E-state index in [1.807, 2.05) is 0 Å². The second-order valence-electron chi connectivity index (χ2n) is 5.64. The second-order valence-corrected chi connectivity index (χ2v) is 7.80. The summed E-state index contributed by atoms with van der Waals surface area (Å²) in [5.41, 5.74) is 0. The van der Waals surface area contributed by atoms with Crippen molar-refractivity contribution in [2.75, 3.05) is 11.5 Å². The molecule has 1 fully saturated rings. The fourth-order valence-electron chi connectivity index (χ4n) is 2.27. The normalized spacial score (nSPS) is 29.7. The molecule has 1 rings (SSSR count). The molecule has 17 heavy (non-hydrogen) atoms. The fraction of sp³-hybridized carbons (Fsp3) is 1.00. The second kappa shape index (κ2) is 6.16. The topological polar surface area (TPSA) is 66.4 Å². The van der Waals surface area contributed by atoms with Gasteiger partial charge in [0.25, 0.3) is 0 Å². The van der Waals surface area contributed by atoms with Gasteiger partial charge in [-0.25, -0.2) is 8.42 Å². The summed E-state index contributed by atoms with van der Waals surface area (Å²) in [6, 6.07) is -0.0178. The molecule has 1 aliphatic rings. The molecule has 0 radical (unpaired) electrons. The van der Waals surface area contributed by atoms with E-state index in [-0.39, 0.29) is 23.6 Å². The quantitative estimate of drug-likeness (QED) is 0.749. The van der Waals surface area contributed by atoms with Crippen LogP contribution in [-0.4, -0.2) is 43.2 Å². The third-order valence-corrected chi connectivity index (χ3v) is 4.96. The van der Waals surface area contributed by atoms with Crippen molar-refractivity contribution in [2.45, 2.75) is 58.2 Å². The number of aliphatic hydroxyl groups excluding tert-OH is 1.